The minimum atomic E-state index is -1.21. The molecule has 12 nitrogen and oxygen atoms in total. The van der Waals surface area contributed by atoms with E-state index in [1.54, 1.807) is 9.80 Å². The van der Waals surface area contributed by atoms with Gasteiger partial charge in [0.15, 0.2) is 0 Å². The number of rotatable bonds is 8. The summed E-state index contributed by atoms with van der Waals surface area (Å²) in [5.74, 6) is -2.86. The number of piperidine rings is 2. The van der Waals surface area contributed by atoms with Crippen molar-refractivity contribution in [3.8, 4) is 0 Å². The summed E-state index contributed by atoms with van der Waals surface area (Å²) in [5, 5.41) is 9.81. The van der Waals surface area contributed by atoms with Gasteiger partial charge in [0.05, 0.1) is 12.5 Å². The number of carbonyl (C=O) groups excluding carboxylic acids is 4. The monoisotopic (exact) mass is 511 g/mol. The minimum Gasteiger partial charge on any atom is -0.480 e. The second-order valence-corrected chi connectivity index (χ2v) is 10.6. The summed E-state index contributed by atoms with van der Waals surface area (Å²) in [6.07, 6.45) is 3.44. The topological polar surface area (TPSA) is 163 Å². The molecular weight excluding hydrogens is 470 g/mol. The van der Waals surface area contributed by atoms with Crippen LogP contribution in [-0.2, 0) is 23.9 Å². The number of carbonyl (C=O) groups is 5. The van der Waals surface area contributed by atoms with E-state index < -0.39 is 41.9 Å². The van der Waals surface area contributed by atoms with E-state index >= 15 is 0 Å². The predicted molar refractivity (Wildman–Crippen MR) is 130 cm³/mol. The largest absolute Gasteiger partial charge is 0.480 e. The van der Waals surface area contributed by atoms with Crippen LogP contribution < -0.4 is 11.2 Å². The van der Waals surface area contributed by atoms with Crippen molar-refractivity contribution < 1.29 is 33.8 Å². The SMILES string of the molecule is C[C@H](NN(C(=O)CN)C(=O)[C@@H]1CCCN(C(=O)CCC2CCN(C(=O)OC(C)(C)C)CC2)C1)C(=O)O. The number of carboxylic acids is 1. The summed E-state index contributed by atoms with van der Waals surface area (Å²) in [5.41, 5.74) is 7.29. The first kappa shape index (κ1) is 29.5. The number of imide groups is 1. The number of likely N-dealkylation sites (tertiary alicyclic amines) is 2. The van der Waals surface area contributed by atoms with Crippen molar-refractivity contribution in [3.63, 3.8) is 0 Å². The van der Waals surface area contributed by atoms with Gasteiger partial charge in [-0.1, -0.05) is 0 Å². The lowest BCUT2D eigenvalue weighted by molar-refractivity contribution is -0.155. The number of amides is 4. The van der Waals surface area contributed by atoms with Crippen LogP contribution in [0, 0.1) is 11.8 Å². The number of nitrogens with one attached hydrogen (secondary N) is 1. The second kappa shape index (κ2) is 13.0. The van der Waals surface area contributed by atoms with Gasteiger partial charge in [-0.2, -0.15) is 0 Å². The fourth-order valence-corrected chi connectivity index (χ4v) is 4.40. The first-order chi connectivity index (χ1) is 16.8. The molecule has 36 heavy (non-hydrogen) atoms. The van der Waals surface area contributed by atoms with Gasteiger partial charge in [0.1, 0.15) is 11.6 Å². The summed E-state index contributed by atoms with van der Waals surface area (Å²) in [4.78, 5) is 64.9. The van der Waals surface area contributed by atoms with E-state index in [1.165, 1.54) is 6.92 Å². The third-order valence-electron chi connectivity index (χ3n) is 6.49. The molecule has 2 aliphatic heterocycles. The molecule has 2 atom stereocenters. The van der Waals surface area contributed by atoms with Gasteiger partial charge in [-0.25, -0.2) is 15.2 Å². The average Bonchev–Trinajstić information content (AvgIpc) is 2.84. The van der Waals surface area contributed by atoms with Gasteiger partial charge in [-0.3, -0.25) is 19.2 Å². The molecule has 12 heteroatoms. The standard InChI is InChI=1S/C24H41N5O7/c1-16(22(33)34)26-29(20(31)14-25)21(32)18-6-5-11-28(15-18)19(30)8-7-17-9-12-27(13-10-17)23(35)36-24(2,3)4/h16-18,26H,5-15,25H2,1-4H3,(H,33,34)/t16-,18+/m0/s1. The van der Waals surface area contributed by atoms with Crippen LogP contribution in [0.25, 0.3) is 0 Å². The van der Waals surface area contributed by atoms with Gasteiger partial charge >= 0.3 is 12.1 Å². The Morgan fingerprint density at radius 1 is 1.08 bits per heavy atom. The molecule has 0 bridgehead atoms. The van der Waals surface area contributed by atoms with Crippen LogP contribution in [0.15, 0.2) is 0 Å². The smallest absolute Gasteiger partial charge is 0.410 e. The van der Waals surface area contributed by atoms with Crippen LogP contribution in [0.1, 0.15) is 66.2 Å². The van der Waals surface area contributed by atoms with Crippen molar-refractivity contribution in [1.82, 2.24) is 20.2 Å². The van der Waals surface area contributed by atoms with Crippen molar-refractivity contribution in [2.24, 2.45) is 17.6 Å². The number of ether oxygens (including phenoxy) is 1. The molecule has 0 aromatic heterocycles. The summed E-state index contributed by atoms with van der Waals surface area (Å²) in [6, 6.07) is -1.16. The molecule has 2 fully saturated rings. The van der Waals surface area contributed by atoms with Crippen molar-refractivity contribution in [2.75, 3.05) is 32.7 Å². The van der Waals surface area contributed by atoms with Crippen LogP contribution in [0.3, 0.4) is 0 Å². The van der Waals surface area contributed by atoms with Crippen LogP contribution in [0.4, 0.5) is 4.79 Å². The number of aliphatic carboxylic acids is 1. The third kappa shape index (κ3) is 8.74. The number of nitrogens with zero attached hydrogens (tertiary/aromatic N) is 3. The highest BCUT2D eigenvalue weighted by atomic mass is 16.6. The maximum atomic E-state index is 13.0. The highest BCUT2D eigenvalue weighted by molar-refractivity contribution is 5.97. The minimum absolute atomic E-state index is 0.0503. The summed E-state index contributed by atoms with van der Waals surface area (Å²) < 4.78 is 5.42. The Kier molecular flexibility index (Phi) is 10.7. The molecule has 2 aliphatic rings. The Hall–Kier alpha value is -2.73. The van der Waals surface area contributed by atoms with Crippen LogP contribution >= 0.6 is 0 Å². The Morgan fingerprint density at radius 2 is 1.72 bits per heavy atom. The third-order valence-corrected chi connectivity index (χ3v) is 6.49. The van der Waals surface area contributed by atoms with E-state index in [1.807, 2.05) is 20.8 Å². The highest BCUT2D eigenvalue weighted by Crippen LogP contribution is 2.25. The molecule has 4 amide bonds. The van der Waals surface area contributed by atoms with Gasteiger partial charge in [-0.05, 0) is 65.7 Å². The van der Waals surface area contributed by atoms with Gasteiger partial charge in [0, 0.05) is 32.6 Å². The summed E-state index contributed by atoms with van der Waals surface area (Å²) >= 11 is 0. The molecule has 204 valence electrons. The van der Waals surface area contributed by atoms with Gasteiger partial charge < -0.3 is 25.4 Å². The number of hydrazine groups is 1. The molecule has 4 N–H and O–H groups in total. The molecule has 2 saturated heterocycles. The van der Waals surface area contributed by atoms with Crippen molar-refractivity contribution in [3.05, 3.63) is 0 Å². The highest BCUT2D eigenvalue weighted by Gasteiger charge is 2.35. The maximum Gasteiger partial charge on any atom is 0.410 e. The zero-order chi connectivity index (χ0) is 27.0. The van der Waals surface area contributed by atoms with Gasteiger partial charge in [0.2, 0.25) is 11.8 Å². The van der Waals surface area contributed by atoms with Crippen LogP contribution in [0.2, 0.25) is 0 Å². The average molecular weight is 512 g/mol. The zero-order valence-electron chi connectivity index (χ0n) is 21.8. The first-order valence-corrected chi connectivity index (χ1v) is 12.6. The molecular formula is C24H41N5O7. The Bertz CT molecular complexity index is 820. The number of nitrogens with two attached hydrogens (primary N) is 1. The summed E-state index contributed by atoms with van der Waals surface area (Å²) in [6.45, 7) is 8.28. The van der Waals surface area contributed by atoms with E-state index in [-0.39, 0.29) is 18.5 Å². The molecule has 0 aromatic rings. The maximum absolute atomic E-state index is 13.0. The first-order valence-electron chi connectivity index (χ1n) is 12.6. The Morgan fingerprint density at radius 3 is 2.28 bits per heavy atom. The zero-order valence-corrected chi connectivity index (χ0v) is 21.8. The van der Waals surface area contributed by atoms with Crippen LogP contribution in [0.5, 0.6) is 0 Å². The number of carboxylic acid groups (broad SMARTS) is 1. The van der Waals surface area contributed by atoms with E-state index in [0.29, 0.717) is 56.2 Å². The predicted octanol–water partition coefficient (Wildman–Crippen LogP) is 0.944. The lowest BCUT2D eigenvalue weighted by atomic mass is 9.91. The lowest BCUT2D eigenvalue weighted by Gasteiger charge is -2.36. The molecule has 0 aliphatic carbocycles. The quantitative estimate of drug-likeness (QED) is 0.403. The molecule has 0 spiro atoms. The van der Waals surface area contributed by atoms with Crippen LogP contribution in [-0.4, -0.2) is 94.1 Å². The van der Waals surface area contributed by atoms with Crippen molar-refractivity contribution >= 4 is 29.8 Å². The van der Waals surface area contributed by atoms with E-state index in [0.717, 1.165) is 12.8 Å². The molecule has 0 radical (unpaired) electrons. The van der Waals surface area contributed by atoms with Crippen molar-refractivity contribution in [1.29, 1.82) is 0 Å². The molecule has 2 rings (SSSR count). The number of hydrogen-bond donors (Lipinski definition) is 3. The van der Waals surface area contributed by atoms with E-state index in [9.17, 15) is 24.0 Å². The number of hydrogen-bond acceptors (Lipinski definition) is 8. The summed E-state index contributed by atoms with van der Waals surface area (Å²) in [7, 11) is 0. The fraction of sp³-hybridized carbons (Fsp3) is 0.792. The fourth-order valence-electron chi connectivity index (χ4n) is 4.40. The Balaban J connectivity index is 1.85. The normalized spacial score (nSPS) is 20.0. The van der Waals surface area contributed by atoms with Crippen molar-refractivity contribution in [2.45, 2.75) is 77.9 Å². The lowest BCUT2D eigenvalue weighted by Crippen LogP contribution is -2.58. The van der Waals surface area contributed by atoms with E-state index in [4.69, 9.17) is 15.6 Å². The molecule has 2 heterocycles. The second-order valence-electron chi connectivity index (χ2n) is 10.6. The Labute approximate surface area is 212 Å². The van der Waals surface area contributed by atoms with Gasteiger partial charge in [-0.15, -0.1) is 0 Å². The van der Waals surface area contributed by atoms with Gasteiger partial charge in [0.25, 0.3) is 5.91 Å². The van der Waals surface area contributed by atoms with E-state index in [2.05, 4.69) is 5.43 Å². The molecule has 0 unspecified atom stereocenters. The molecule has 0 aromatic carbocycles. The molecule has 0 saturated carbocycles.